The molecule has 11 heteroatoms. The summed E-state index contributed by atoms with van der Waals surface area (Å²) in [6, 6.07) is 3.10. The van der Waals surface area contributed by atoms with Gasteiger partial charge in [-0.2, -0.15) is 0 Å². The fourth-order valence-electron chi connectivity index (χ4n) is 2.42. The molecule has 4 N–H and O–H groups in total. The van der Waals surface area contributed by atoms with Crippen LogP contribution in [0.25, 0.3) is 0 Å². The largest absolute Gasteiger partial charge is 0.454 e. The van der Waals surface area contributed by atoms with E-state index < -0.39 is 59.5 Å². The minimum Gasteiger partial charge on any atom is -0.454 e. The van der Waals surface area contributed by atoms with Crippen molar-refractivity contribution in [1.82, 2.24) is 5.32 Å². The third-order valence-electron chi connectivity index (χ3n) is 3.93. The Bertz CT molecular complexity index is 957. The average Bonchev–Trinajstić information content (AvgIpc) is 3.12. The first-order valence-corrected chi connectivity index (χ1v) is 9.58. The van der Waals surface area contributed by atoms with Crippen molar-refractivity contribution in [2.75, 3.05) is 11.9 Å². The molecule has 0 aliphatic heterocycles. The Morgan fingerprint density at radius 1 is 1.13 bits per heavy atom. The number of hydrogen-bond donors (Lipinski definition) is 3. The normalized spacial score (nSPS) is 11.6. The number of benzene rings is 1. The quantitative estimate of drug-likeness (QED) is 0.543. The number of hydrogen-bond acceptors (Lipinski definition) is 6. The Balaban J connectivity index is 2.00. The third kappa shape index (κ3) is 5.60. The van der Waals surface area contributed by atoms with Crippen LogP contribution in [0.5, 0.6) is 0 Å². The number of carbonyl (C=O) groups is 4. The zero-order valence-corrected chi connectivity index (χ0v) is 16.8. The van der Waals surface area contributed by atoms with Crippen molar-refractivity contribution in [2.45, 2.75) is 19.9 Å². The number of amides is 3. The number of nitrogens with one attached hydrogen (secondary N) is 2. The van der Waals surface area contributed by atoms with Gasteiger partial charge in [0, 0.05) is 0 Å². The average molecular weight is 439 g/mol. The number of nitrogens with two attached hydrogens (primary N) is 1. The van der Waals surface area contributed by atoms with Gasteiger partial charge in [-0.1, -0.05) is 19.9 Å². The molecule has 1 heterocycles. The van der Waals surface area contributed by atoms with E-state index in [4.69, 9.17) is 10.5 Å². The van der Waals surface area contributed by atoms with Crippen molar-refractivity contribution >= 4 is 40.0 Å². The van der Waals surface area contributed by atoms with Gasteiger partial charge in [0.2, 0.25) is 0 Å². The first kappa shape index (κ1) is 22.9. The van der Waals surface area contributed by atoms with Crippen molar-refractivity contribution < 1.29 is 32.7 Å². The molecular formula is C19H19F2N3O5S. The molecule has 2 rings (SSSR count). The lowest BCUT2D eigenvalue weighted by molar-refractivity contribution is -0.150. The van der Waals surface area contributed by atoms with E-state index in [1.165, 1.54) is 6.07 Å². The van der Waals surface area contributed by atoms with Gasteiger partial charge in [-0.05, 0) is 29.5 Å². The molecule has 1 aromatic carbocycles. The first-order valence-electron chi connectivity index (χ1n) is 8.70. The van der Waals surface area contributed by atoms with Crippen LogP contribution in [0.2, 0.25) is 0 Å². The second-order valence-corrected chi connectivity index (χ2v) is 7.39. The highest BCUT2D eigenvalue weighted by atomic mass is 32.1. The number of rotatable bonds is 8. The minimum atomic E-state index is -1.26. The summed E-state index contributed by atoms with van der Waals surface area (Å²) in [4.78, 5) is 47.8. The van der Waals surface area contributed by atoms with Gasteiger partial charge in [0.1, 0.15) is 28.2 Å². The molecule has 2 aromatic rings. The van der Waals surface area contributed by atoms with Gasteiger partial charge in [0.25, 0.3) is 17.7 Å². The summed E-state index contributed by atoms with van der Waals surface area (Å²) < 4.78 is 32.5. The number of anilines is 1. The van der Waals surface area contributed by atoms with Crippen LogP contribution < -0.4 is 16.4 Å². The van der Waals surface area contributed by atoms with Crippen LogP contribution in [-0.4, -0.2) is 36.3 Å². The maximum absolute atomic E-state index is 13.8. The highest BCUT2D eigenvalue weighted by Gasteiger charge is 2.29. The number of thiophene rings is 1. The smallest absolute Gasteiger partial charge is 0.329 e. The second kappa shape index (κ2) is 9.92. The Labute approximate surface area is 174 Å². The van der Waals surface area contributed by atoms with Gasteiger partial charge < -0.3 is 21.1 Å². The minimum absolute atomic E-state index is 0.110. The Morgan fingerprint density at radius 3 is 2.33 bits per heavy atom. The molecule has 1 atom stereocenters. The summed E-state index contributed by atoms with van der Waals surface area (Å²) in [7, 11) is 0. The zero-order chi connectivity index (χ0) is 22.4. The number of primary amides is 1. The molecule has 8 nitrogen and oxygen atoms in total. The van der Waals surface area contributed by atoms with E-state index in [2.05, 4.69) is 10.6 Å². The SMILES string of the molecule is CC(C)[C@H](NC(=O)c1c(F)cccc1F)C(=O)OCC(=O)Nc1sccc1C(N)=O. The van der Waals surface area contributed by atoms with Crippen LogP contribution >= 0.6 is 11.3 Å². The van der Waals surface area contributed by atoms with E-state index in [1.807, 2.05) is 0 Å². The highest BCUT2D eigenvalue weighted by Crippen LogP contribution is 2.22. The molecule has 0 unspecified atom stereocenters. The summed E-state index contributed by atoms with van der Waals surface area (Å²) in [6.45, 7) is 2.45. The van der Waals surface area contributed by atoms with Gasteiger partial charge >= 0.3 is 5.97 Å². The second-order valence-electron chi connectivity index (χ2n) is 6.48. The standard InChI is InChI=1S/C19H19F2N3O5S/c1-9(2)15(24-17(27)14-11(20)4-3-5-12(14)21)19(28)29-8-13(25)23-18-10(16(22)26)6-7-30-18/h3-7,9,15H,8H2,1-2H3,(H2,22,26)(H,23,25)(H,24,27)/t15-/m0/s1. The topological polar surface area (TPSA) is 128 Å². The molecule has 30 heavy (non-hydrogen) atoms. The lowest BCUT2D eigenvalue weighted by Gasteiger charge is -2.21. The van der Waals surface area contributed by atoms with Crippen molar-refractivity contribution in [3.8, 4) is 0 Å². The highest BCUT2D eigenvalue weighted by molar-refractivity contribution is 7.14. The molecule has 0 aliphatic carbocycles. The summed E-state index contributed by atoms with van der Waals surface area (Å²) in [5, 5.41) is 6.37. The van der Waals surface area contributed by atoms with E-state index in [-0.39, 0.29) is 10.6 Å². The number of carbonyl (C=O) groups excluding carboxylic acids is 4. The summed E-state index contributed by atoms with van der Waals surface area (Å²) in [6.07, 6.45) is 0. The zero-order valence-electron chi connectivity index (χ0n) is 16.0. The van der Waals surface area contributed by atoms with Crippen molar-refractivity contribution in [1.29, 1.82) is 0 Å². The van der Waals surface area contributed by atoms with Crippen LogP contribution in [0.3, 0.4) is 0 Å². The molecule has 0 aliphatic rings. The summed E-state index contributed by atoms with van der Waals surface area (Å²) in [5.41, 5.74) is 4.46. The lowest BCUT2D eigenvalue weighted by Crippen LogP contribution is -2.46. The van der Waals surface area contributed by atoms with Crippen LogP contribution in [0.1, 0.15) is 34.6 Å². The van der Waals surface area contributed by atoms with E-state index in [0.29, 0.717) is 0 Å². The summed E-state index contributed by atoms with van der Waals surface area (Å²) >= 11 is 1.06. The molecule has 0 spiro atoms. The number of esters is 1. The molecule has 0 saturated heterocycles. The van der Waals surface area contributed by atoms with Crippen LogP contribution in [0, 0.1) is 17.6 Å². The Kier molecular flexibility index (Phi) is 7.59. The molecule has 0 saturated carbocycles. The fourth-order valence-corrected chi connectivity index (χ4v) is 3.22. The van der Waals surface area contributed by atoms with Crippen molar-refractivity contribution in [3.63, 3.8) is 0 Å². The Morgan fingerprint density at radius 2 is 1.77 bits per heavy atom. The van der Waals surface area contributed by atoms with Crippen LogP contribution in [0.4, 0.5) is 13.8 Å². The van der Waals surface area contributed by atoms with Crippen molar-refractivity contribution in [2.24, 2.45) is 11.7 Å². The lowest BCUT2D eigenvalue weighted by atomic mass is 10.0. The predicted molar refractivity (Wildman–Crippen MR) is 105 cm³/mol. The van der Waals surface area contributed by atoms with E-state index in [9.17, 15) is 28.0 Å². The van der Waals surface area contributed by atoms with E-state index in [1.54, 1.807) is 19.2 Å². The molecule has 1 aromatic heterocycles. The molecule has 3 amide bonds. The van der Waals surface area contributed by atoms with Gasteiger partial charge in [-0.15, -0.1) is 11.3 Å². The van der Waals surface area contributed by atoms with Crippen molar-refractivity contribution in [3.05, 3.63) is 52.4 Å². The fraction of sp³-hybridized carbons (Fsp3) is 0.263. The number of ether oxygens (including phenoxy) is 1. The maximum Gasteiger partial charge on any atom is 0.329 e. The molecular weight excluding hydrogens is 420 g/mol. The molecule has 160 valence electrons. The van der Waals surface area contributed by atoms with Gasteiger partial charge in [-0.25, -0.2) is 13.6 Å². The Hall–Kier alpha value is -3.34. The van der Waals surface area contributed by atoms with Crippen LogP contribution in [-0.2, 0) is 14.3 Å². The third-order valence-corrected chi connectivity index (χ3v) is 4.76. The van der Waals surface area contributed by atoms with E-state index in [0.717, 1.165) is 29.5 Å². The van der Waals surface area contributed by atoms with Gasteiger partial charge in [-0.3, -0.25) is 14.4 Å². The van der Waals surface area contributed by atoms with E-state index >= 15 is 0 Å². The summed E-state index contributed by atoms with van der Waals surface area (Å²) in [5.74, 6) is -6.22. The molecule has 0 bridgehead atoms. The number of halogens is 2. The molecule has 0 fully saturated rings. The van der Waals surface area contributed by atoms with Gasteiger partial charge in [0.05, 0.1) is 5.56 Å². The van der Waals surface area contributed by atoms with Crippen LogP contribution in [0.15, 0.2) is 29.6 Å². The molecule has 0 radical (unpaired) electrons. The first-order chi connectivity index (χ1) is 14.1. The van der Waals surface area contributed by atoms with Gasteiger partial charge in [0.15, 0.2) is 6.61 Å². The predicted octanol–water partition coefficient (Wildman–Crippen LogP) is 2.06. The maximum atomic E-state index is 13.8. The monoisotopic (exact) mass is 439 g/mol.